The Bertz CT molecular complexity index is 1850. The summed E-state index contributed by atoms with van der Waals surface area (Å²) in [4.78, 5) is 13.4. The van der Waals surface area contributed by atoms with Gasteiger partial charge in [0.2, 0.25) is 15.5 Å². The van der Waals surface area contributed by atoms with Crippen molar-refractivity contribution < 1.29 is 31.4 Å². The molecular weight excluding hydrogens is 618 g/mol. The van der Waals surface area contributed by atoms with Crippen molar-refractivity contribution in [2.45, 2.75) is 85.3 Å². The van der Waals surface area contributed by atoms with E-state index in [9.17, 15) is 26.7 Å². The van der Waals surface area contributed by atoms with Gasteiger partial charge in [0.1, 0.15) is 23.4 Å². The average Bonchev–Trinajstić information content (AvgIpc) is 3.83. The summed E-state index contributed by atoms with van der Waals surface area (Å²) in [5.74, 6) is 0.396. The van der Waals surface area contributed by atoms with Crippen molar-refractivity contribution in [3.8, 4) is 5.75 Å². The zero-order valence-corrected chi connectivity index (χ0v) is 27.3. The molecule has 0 radical (unpaired) electrons. The van der Waals surface area contributed by atoms with E-state index in [4.69, 9.17) is 9.47 Å². The summed E-state index contributed by atoms with van der Waals surface area (Å²) < 4.78 is 67.5. The molecule has 2 saturated heterocycles. The van der Waals surface area contributed by atoms with E-state index in [-0.39, 0.29) is 47.3 Å². The van der Waals surface area contributed by atoms with E-state index >= 15 is 0 Å². The molecule has 6 rings (SSSR count). The highest BCUT2D eigenvalue weighted by Gasteiger charge is 2.45. The molecule has 3 fully saturated rings. The molecule has 2 aliphatic heterocycles. The van der Waals surface area contributed by atoms with Gasteiger partial charge in [0.15, 0.2) is 9.84 Å². The molecule has 3 aliphatic rings. The lowest BCUT2D eigenvalue weighted by Gasteiger charge is -2.38. The zero-order chi connectivity index (χ0) is 32.0. The monoisotopic (exact) mass is 659 g/mol. The number of aliphatic hydroxyl groups is 1. The van der Waals surface area contributed by atoms with Crippen molar-refractivity contribution in [1.29, 1.82) is 0 Å². The number of aromatic nitrogens is 1. The van der Waals surface area contributed by atoms with Gasteiger partial charge in [0, 0.05) is 43.8 Å². The van der Waals surface area contributed by atoms with Gasteiger partial charge in [-0.1, -0.05) is 17.7 Å². The van der Waals surface area contributed by atoms with Crippen LogP contribution in [0.5, 0.6) is 5.75 Å². The van der Waals surface area contributed by atoms with Crippen LogP contribution in [0.3, 0.4) is 0 Å². The maximum Gasteiger partial charge on any atom is 0.248 e. The van der Waals surface area contributed by atoms with Crippen molar-refractivity contribution in [2.75, 3.05) is 32.8 Å². The second-order valence-corrected chi connectivity index (χ2v) is 16.7. The summed E-state index contributed by atoms with van der Waals surface area (Å²) in [5, 5.41) is 14.0. The Morgan fingerprint density at radius 3 is 2.58 bits per heavy atom. The number of fused-ring (bicyclic) bond motifs is 1. The standard InChI is InChI=1S/C32H41N3O8S2/c1-3-34-19-30(31(37)28-15-22(2)7-10-29(28)34)45(40,41)35-13-11-32(12-14-35)17-23(20-43-32)33-18-24(36)21-42-25-5-4-6-27(16-25)44(38,39)26-8-9-26/h4-7,10,15-16,19,23-24,26,33,36H,3,8-9,11-14,17-18,20-21H2,1-2H3/t23-,24?/m1/s1. The van der Waals surface area contributed by atoms with E-state index in [1.807, 2.05) is 26.0 Å². The normalized spacial score (nSPS) is 21.4. The van der Waals surface area contributed by atoms with Crippen LogP contribution in [-0.2, 0) is 31.1 Å². The third kappa shape index (κ3) is 6.56. The number of aryl methyl sites for hydroxylation is 2. The molecule has 2 aromatic carbocycles. The molecule has 3 heterocycles. The van der Waals surface area contributed by atoms with Crippen LogP contribution in [0.4, 0.5) is 0 Å². The van der Waals surface area contributed by atoms with Crippen LogP contribution in [0.15, 0.2) is 63.2 Å². The van der Waals surface area contributed by atoms with Gasteiger partial charge in [-0.25, -0.2) is 16.8 Å². The molecule has 1 aromatic heterocycles. The zero-order valence-electron chi connectivity index (χ0n) is 25.6. The Morgan fingerprint density at radius 2 is 1.87 bits per heavy atom. The van der Waals surface area contributed by atoms with Crippen molar-refractivity contribution in [2.24, 2.45) is 0 Å². The second kappa shape index (κ2) is 12.4. The summed E-state index contributed by atoms with van der Waals surface area (Å²) >= 11 is 0. The Balaban J connectivity index is 1.02. The topological polar surface area (TPSA) is 144 Å². The lowest BCUT2D eigenvalue weighted by molar-refractivity contribution is -0.0312. The van der Waals surface area contributed by atoms with Crippen LogP contribution in [0.2, 0.25) is 0 Å². The summed E-state index contributed by atoms with van der Waals surface area (Å²) in [6, 6.07) is 11.9. The number of piperidine rings is 1. The number of rotatable bonds is 11. The van der Waals surface area contributed by atoms with Crippen molar-refractivity contribution in [3.05, 3.63) is 64.4 Å². The highest BCUT2D eigenvalue weighted by Crippen LogP contribution is 2.37. The van der Waals surface area contributed by atoms with Crippen LogP contribution in [0, 0.1) is 6.92 Å². The van der Waals surface area contributed by atoms with Crippen LogP contribution < -0.4 is 15.5 Å². The Morgan fingerprint density at radius 1 is 1.11 bits per heavy atom. The summed E-state index contributed by atoms with van der Waals surface area (Å²) in [7, 11) is -7.33. The van der Waals surface area contributed by atoms with E-state index in [0.717, 1.165) is 5.56 Å². The molecule has 1 aliphatic carbocycles. The van der Waals surface area contributed by atoms with Gasteiger partial charge < -0.3 is 24.5 Å². The molecule has 45 heavy (non-hydrogen) atoms. The number of sulfone groups is 1. The Hall–Kier alpha value is -2.81. The minimum absolute atomic E-state index is 0.000453. The van der Waals surface area contributed by atoms with Gasteiger partial charge in [-0.05, 0) is 76.3 Å². The van der Waals surface area contributed by atoms with Crippen molar-refractivity contribution in [3.63, 3.8) is 0 Å². The summed E-state index contributed by atoms with van der Waals surface area (Å²) in [6.07, 6.45) is 3.70. The predicted octanol–water partition coefficient (Wildman–Crippen LogP) is 2.61. The van der Waals surface area contributed by atoms with Gasteiger partial charge in [-0.15, -0.1) is 0 Å². The number of aliphatic hydroxyl groups excluding tert-OH is 1. The minimum atomic E-state index is -4.00. The molecule has 11 nitrogen and oxygen atoms in total. The quantitative estimate of drug-likeness (QED) is 0.318. The fraction of sp³-hybridized carbons (Fsp3) is 0.531. The fourth-order valence-corrected chi connectivity index (χ4v) is 9.63. The first-order valence-electron chi connectivity index (χ1n) is 15.6. The molecule has 1 unspecified atom stereocenters. The molecule has 2 atom stereocenters. The van der Waals surface area contributed by atoms with Gasteiger partial charge in [0.05, 0.1) is 27.9 Å². The maximum absolute atomic E-state index is 13.7. The third-order valence-corrected chi connectivity index (χ3v) is 13.3. The Kier molecular flexibility index (Phi) is 8.87. The molecule has 1 saturated carbocycles. The molecule has 13 heteroatoms. The summed E-state index contributed by atoms with van der Waals surface area (Å²) in [5.41, 5.74) is 0.666. The number of sulfonamides is 1. The predicted molar refractivity (Wildman–Crippen MR) is 170 cm³/mol. The Labute approximate surface area is 264 Å². The van der Waals surface area contributed by atoms with Gasteiger partial charge in [-0.3, -0.25) is 4.79 Å². The molecule has 3 aromatic rings. The maximum atomic E-state index is 13.7. The third-order valence-electron chi connectivity index (χ3n) is 9.19. The van der Waals surface area contributed by atoms with E-state index in [1.165, 1.54) is 16.6 Å². The van der Waals surface area contributed by atoms with Gasteiger partial charge in [-0.2, -0.15) is 4.31 Å². The number of hydrogen-bond acceptors (Lipinski definition) is 9. The summed E-state index contributed by atoms with van der Waals surface area (Å²) in [6.45, 7) is 5.53. The number of benzene rings is 2. The number of hydrogen-bond donors (Lipinski definition) is 2. The van der Waals surface area contributed by atoms with Crippen LogP contribution >= 0.6 is 0 Å². The second-order valence-electron chi connectivity index (χ2n) is 12.5. The fourth-order valence-electron chi connectivity index (χ4n) is 6.39. The molecule has 0 bridgehead atoms. The van der Waals surface area contributed by atoms with E-state index < -0.39 is 37.0 Å². The lowest BCUT2D eigenvalue weighted by atomic mass is 9.88. The molecule has 0 amide bonds. The molecular formula is C32H41N3O8S2. The SMILES string of the molecule is CCn1cc(S(=O)(=O)N2CCC3(CC2)C[C@@H](NCC(O)COc2cccc(S(=O)(=O)C4CC4)c2)CO3)c(=O)c2cc(C)ccc21. The number of nitrogens with one attached hydrogen (secondary N) is 1. The largest absolute Gasteiger partial charge is 0.491 e. The number of pyridine rings is 1. The first-order valence-corrected chi connectivity index (χ1v) is 18.6. The van der Waals surface area contributed by atoms with Crippen molar-refractivity contribution in [1.82, 2.24) is 14.2 Å². The van der Waals surface area contributed by atoms with Crippen LogP contribution in [0.25, 0.3) is 10.9 Å². The van der Waals surface area contributed by atoms with Crippen LogP contribution in [-0.4, -0.2) is 86.7 Å². The first-order chi connectivity index (χ1) is 21.4. The highest BCUT2D eigenvalue weighted by molar-refractivity contribution is 7.92. The van der Waals surface area contributed by atoms with Gasteiger partial charge >= 0.3 is 0 Å². The number of ether oxygens (including phenoxy) is 2. The van der Waals surface area contributed by atoms with Crippen LogP contribution in [0.1, 0.15) is 44.6 Å². The first kappa shape index (κ1) is 32.1. The number of nitrogens with zero attached hydrogens (tertiary/aromatic N) is 2. The van der Waals surface area contributed by atoms with Gasteiger partial charge in [0.25, 0.3) is 0 Å². The highest BCUT2D eigenvalue weighted by atomic mass is 32.2. The molecule has 244 valence electrons. The smallest absolute Gasteiger partial charge is 0.248 e. The lowest BCUT2D eigenvalue weighted by Crippen LogP contribution is -2.47. The van der Waals surface area contributed by atoms with Crippen molar-refractivity contribution >= 4 is 30.8 Å². The molecule has 1 spiro atoms. The van der Waals surface area contributed by atoms with E-state index in [2.05, 4.69) is 5.32 Å². The minimum Gasteiger partial charge on any atom is -0.491 e. The average molecular weight is 660 g/mol. The molecule has 2 N–H and O–H groups in total. The van der Waals surface area contributed by atoms with E-state index in [0.29, 0.717) is 61.9 Å². The van der Waals surface area contributed by atoms with E-state index in [1.54, 1.807) is 28.8 Å².